The Kier molecular flexibility index (Phi) is 3.76. The summed E-state index contributed by atoms with van der Waals surface area (Å²) in [6.45, 7) is 3.51. The molecule has 3 rings (SSSR count). The van der Waals surface area contributed by atoms with Gasteiger partial charge in [0, 0.05) is 26.2 Å². The zero-order valence-electron chi connectivity index (χ0n) is 12.8. The zero-order chi connectivity index (χ0) is 14.9. The standard InChI is InChI=1S/C16H23N3O2/c1-18-9-11-19(12-10-18)15(20)17-16(7-8-16)13-3-5-14(21-2)6-4-13/h3-6H,7-12H2,1-2H3,(H,17,20). The van der Waals surface area contributed by atoms with E-state index in [1.165, 1.54) is 5.56 Å². The van der Waals surface area contributed by atoms with Gasteiger partial charge < -0.3 is 19.9 Å². The normalized spacial score (nSPS) is 21.0. The number of hydrogen-bond acceptors (Lipinski definition) is 3. The van der Waals surface area contributed by atoms with Crippen LogP contribution in [0.3, 0.4) is 0 Å². The molecule has 2 fully saturated rings. The average Bonchev–Trinajstić information content (AvgIpc) is 3.29. The van der Waals surface area contributed by atoms with Crippen molar-refractivity contribution in [1.82, 2.24) is 15.1 Å². The molecule has 1 N–H and O–H groups in total. The highest BCUT2D eigenvalue weighted by Gasteiger charge is 2.46. The molecule has 0 unspecified atom stereocenters. The van der Waals surface area contributed by atoms with Crippen LogP contribution in [0.1, 0.15) is 18.4 Å². The molecule has 1 heterocycles. The van der Waals surface area contributed by atoms with E-state index in [2.05, 4.69) is 29.4 Å². The Balaban J connectivity index is 1.64. The maximum absolute atomic E-state index is 12.4. The average molecular weight is 289 g/mol. The minimum Gasteiger partial charge on any atom is -0.497 e. The lowest BCUT2D eigenvalue weighted by Gasteiger charge is -2.33. The fraction of sp³-hybridized carbons (Fsp3) is 0.562. The van der Waals surface area contributed by atoms with E-state index < -0.39 is 0 Å². The Morgan fingerprint density at radius 3 is 2.29 bits per heavy atom. The molecule has 1 saturated carbocycles. The van der Waals surface area contributed by atoms with Gasteiger partial charge in [-0.2, -0.15) is 0 Å². The number of urea groups is 1. The van der Waals surface area contributed by atoms with Crippen LogP contribution in [0.25, 0.3) is 0 Å². The number of rotatable bonds is 3. The van der Waals surface area contributed by atoms with E-state index in [1.54, 1.807) is 7.11 Å². The maximum Gasteiger partial charge on any atom is 0.318 e. The molecule has 114 valence electrons. The second-order valence-electron chi connectivity index (χ2n) is 6.03. The van der Waals surface area contributed by atoms with Crippen molar-refractivity contribution in [3.05, 3.63) is 29.8 Å². The Hall–Kier alpha value is -1.75. The van der Waals surface area contributed by atoms with Gasteiger partial charge in [-0.1, -0.05) is 12.1 Å². The summed E-state index contributed by atoms with van der Waals surface area (Å²) in [5.74, 6) is 0.847. The number of benzene rings is 1. The van der Waals surface area contributed by atoms with E-state index in [4.69, 9.17) is 4.74 Å². The molecule has 0 atom stereocenters. The highest BCUT2D eigenvalue weighted by Crippen LogP contribution is 2.45. The summed E-state index contributed by atoms with van der Waals surface area (Å²) < 4.78 is 5.19. The highest BCUT2D eigenvalue weighted by molar-refractivity contribution is 5.76. The molecule has 1 aromatic carbocycles. The van der Waals surface area contributed by atoms with E-state index in [-0.39, 0.29) is 11.6 Å². The largest absolute Gasteiger partial charge is 0.497 e. The minimum atomic E-state index is -0.160. The summed E-state index contributed by atoms with van der Waals surface area (Å²) in [5.41, 5.74) is 1.01. The van der Waals surface area contributed by atoms with E-state index >= 15 is 0 Å². The van der Waals surface area contributed by atoms with Crippen LogP contribution in [0.2, 0.25) is 0 Å². The van der Waals surface area contributed by atoms with Gasteiger partial charge in [-0.05, 0) is 37.6 Å². The fourth-order valence-corrected chi connectivity index (χ4v) is 2.81. The van der Waals surface area contributed by atoms with Crippen molar-refractivity contribution in [3.8, 4) is 5.75 Å². The molecule has 0 aromatic heterocycles. The predicted octanol–water partition coefficient (Wildman–Crippen LogP) is 1.64. The first-order valence-electron chi connectivity index (χ1n) is 7.53. The predicted molar refractivity (Wildman–Crippen MR) is 81.5 cm³/mol. The number of nitrogens with one attached hydrogen (secondary N) is 1. The first-order chi connectivity index (χ1) is 10.1. The summed E-state index contributed by atoms with van der Waals surface area (Å²) in [4.78, 5) is 16.6. The number of ether oxygens (including phenoxy) is 1. The maximum atomic E-state index is 12.4. The van der Waals surface area contributed by atoms with Crippen LogP contribution in [0.4, 0.5) is 4.79 Å². The first-order valence-corrected chi connectivity index (χ1v) is 7.53. The lowest BCUT2D eigenvalue weighted by atomic mass is 10.0. The fourth-order valence-electron chi connectivity index (χ4n) is 2.81. The van der Waals surface area contributed by atoms with Crippen LogP contribution in [-0.2, 0) is 5.54 Å². The van der Waals surface area contributed by atoms with Crippen molar-refractivity contribution >= 4 is 6.03 Å². The molecule has 0 bridgehead atoms. The quantitative estimate of drug-likeness (QED) is 0.920. The molecule has 2 aliphatic rings. The van der Waals surface area contributed by atoms with Crippen LogP contribution in [-0.4, -0.2) is 56.2 Å². The van der Waals surface area contributed by atoms with Gasteiger partial charge in [0.1, 0.15) is 5.75 Å². The van der Waals surface area contributed by atoms with E-state index in [1.807, 2.05) is 17.0 Å². The Bertz CT molecular complexity index is 503. The van der Waals surface area contributed by atoms with Gasteiger partial charge in [-0.3, -0.25) is 0 Å². The minimum absolute atomic E-state index is 0.0661. The number of likely N-dealkylation sites (N-methyl/N-ethyl adjacent to an activating group) is 1. The molecule has 5 nitrogen and oxygen atoms in total. The van der Waals surface area contributed by atoms with Crippen molar-refractivity contribution < 1.29 is 9.53 Å². The van der Waals surface area contributed by atoms with Crippen LogP contribution < -0.4 is 10.1 Å². The number of methoxy groups -OCH3 is 1. The molecular weight excluding hydrogens is 266 g/mol. The summed E-state index contributed by atoms with van der Waals surface area (Å²) in [7, 11) is 3.76. The third-order valence-electron chi connectivity index (χ3n) is 4.53. The molecule has 1 aromatic rings. The lowest BCUT2D eigenvalue weighted by Crippen LogP contribution is -2.52. The van der Waals surface area contributed by atoms with Gasteiger partial charge in [0.05, 0.1) is 12.6 Å². The third-order valence-corrected chi connectivity index (χ3v) is 4.53. The molecule has 5 heteroatoms. The molecular formula is C16H23N3O2. The lowest BCUT2D eigenvalue weighted by molar-refractivity contribution is 0.150. The van der Waals surface area contributed by atoms with Gasteiger partial charge in [0.15, 0.2) is 0 Å². The zero-order valence-corrected chi connectivity index (χ0v) is 12.8. The number of amides is 2. The van der Waals surface area contributed by atoms with Crippen molar-refractivity contribution in [1.29, 1.82) is 0 Å². The molecule has 1 saturated heterocycles. The van der Waals surface area contributed by atoms with Crippen LogP contribution in [0.15, 0.2) is 24.3 Å². The van der Waals surface area contributed by atoms with Gasteiger partial charge >= 0.3 is 6.03 Å². The molecule has 1 aliphatic carbocycles. The SMILES string of the molecule is COc1ccc(C2(NC(=O)N3CCN(C)CC3)CC2)cc1. The molecule has 2 amide bonds. The van der Waals surface area contributed by atoms with Crippen molar-refractivity contribution in [2.75, 3.05) is 40.3 Å². The summed E-state index contributed by atoms with van der Waals surface area (Å²) >= 11 is 0. The summed E-state index contributed by atoms with van der Waals surface area (Å²) in [6.07, 6.45) is 2.03. The van der Waals surface area contributed by atoms with Gasteiger partial charge in [-0.15, -0.1) is 0 Å². The van der Waals surface area contributed by atoms with E-state index in [0.717, 1.165) is 44.8 Å². The van der Waals surface area contributed by atoms with Crippen molar-refractivity contribution in [2.24, 2.45) is 0 Å². The van der Waals surface area contributed by atoms with Gasteiger partial charge in [0.2, 0.25) is 0 Å². The van der Waals surface area contributed by atoms with Gasteiger partial charge in [-0.25, -0.2) is 4.79 Å². The third kappa shape index (κ3) is 2.97. The molecule has 1 aliphatic heterocycles. The number of carbonyl (C=O) groups excluding carboxylic acids is 1. The first kappa shape index (κ1) is 14.2. The van der Waals surface area contributed by atoms with E-state index in [9.17, 15) is 4.79 Å². The second kappa shape index (κ2) is 5.56. The molecule has 0 radical (unpaired) electrons. The monoisotopic (exact) mass is 289 g/mol. The van der Waals surface area contributed by atoms with Crippen molar-refractivity contribution in [2.45, 2.75) is 18.4 Å². The smallest absolute Gasteiger partial charge is 0.318 e. The molecule has 0 spiro atoms. The molecule has 21 heavy (non-hydrogen) atoms. The van der Waals surface area contributed by atoms with Crippen molar-refractivity contribution in [3.63, 3.8) is 0 Å². The number of hydrogen-bond donors (Lipinski definition) is 1. The Labute approximate surface area is 125 Å². The van der Waals surface area contributed by atoms with Crippen LogP contribution >= 0.6 is 0 Å². The second-order valence-corrected chi connectivity index (χ2v) is 6.03. The topological polar surface area (TPSA) is 44.8 Å². The summed E-state index contributed by atoms with van der Waals surface area (Å²) in [5, 5.41) is 3.23. The van der Waals surface area contributed by atoms with E-state index in [0.29, 0.717) is 0 Å². The van der Waals surface area contributed by atoms with Gasteiger partial charge in [0.25, 0.3) is 0 Å². The van der Waals surface area contributed by atoms with Crippen LogP contribution in [0.5, 0.6) is 5.75 Å². The van der Waals surface area contributed by atoms with Crippen LogP contribution in [0, 0.1) is 0 Å². The Morgan fingerprint density at radius 2 is 1.76 bits per heavy atom. The summed E-state index contributed by atoms with van der Waals surface area (Å²) in [6, 6.07) is 8.08. The number of nitrogens with zero attached hydrogens (tertiary/aromatic N) is 2. The number of piperazine rings is 1. The highest BCUT2D eigenvalue weighted by atomic mass is 16.5. The number of carbonyl (C=O) groups is 1. The Morgan fingerprint density at radius 1 is 1.14 bits per heavy atom.